The van der Waals surface area contributed by atoms with E-state index in [9.17, 15) is 14.0 Å². The first kappa shape index (κ1) is 27.2. The summed E-state index contributed by atoms with van der Waals surface area (Å²) in [7, 11) is 0. The number of fused-ring (bicyclic) bond motifs is 4. The van der Waals surface area contributed by atoms with Crippen LogP contribution in [0.15, 0.2) is 60.9 Å². The van der Waals surface area contributed by atoms with Gasteiger partial charge in [0.15, 0.2) is 11.6 Å². The van der Waals surface area contributed by atoms with Crippen LogP contribution in [0.3, 0.4) is 0 Å². The number of imidazole rings is 1. The number of carbonyl (C=O) groups excluding carboxylic acids is 2. The van der Waals surface area contributed by atoms with Gasteiger partial charge in [0.05, 0.1) is 11.5 Å². The third kappa shape index (κ3) is 4.27. The molecule has 7 nitrogen and oxygen atoms in total. The van der Waals surface area contributed by atoms with Gasteiger partial charge in [-0.15, -0.1) is 0 Å². The van der Waals surface area contributed by atoms with Crippen LogP contribution in [0.5, 0.6) is 0 Å². The van der Waals surface area contributed by atoms with Crippen LogP contribution in [-0.4, -0.2) is 26.3 Å². The molecule has 1 saturated carbocycles. The maximum Gasteiger partial charge on any atom is 0.251 e. The molecule has 9 heteroatoms. The van der Waals surface area contributed by atoms with E-state index in [1.165, 1.54) is 6.42 Å². The number of amides is 2. The molecule has 1 spiro atoms. The van der Waals surface area contributed by atoms with E-state index in [1.54, 1.807) is 24.4 Å². The highest BCUT2D eigenvalue weighted by molar-refractivity contribution is 6.06. The number of benzene rings is 2. The van der Waals surface area contributed by atoms with Crippen molar-refractivity contribution >= 4 is 17.6 Å². The molecular formula is C35H33F2N5O2. The van der Waals surface area contributed by atoms with Crippen molar-refractivity contribution in [3.05, 3.63) is 112 Å². The molecule has 4 aliphatic rings. The van der Waals surface area contributed by atoms with Crippen molar-refractivity contribution in [3.63, 3.8) is 0 Å². The molecule has 0 radical (unpaired) electrons. The molecule has 44 heavy (non-hydrogen) atoms. The van der Waals surface area contributed by atoms with Crippen LogP contribution in [0.1, 0.15) is 101 Å². The van der Waals surface area contributed by atoms with Crippen molar-refractivity contribution < 1.29 is 18.4 Å². The molecular weight excluding hydrogens is 560 g/mol. The third-order valence-electron chi connectivity index (χ3n) is 10.3. The fourth-order valence-corrected chi connectivity index (χ4v) is 8.12. The van der Waals surface area contributed by atoms with Crippen molar-refractivity contribution in [1.82, 2.24) is 19.9 Å². The van der Waals surface area contributed by atoms with Gasteiger partial charge in [-0.1, -0.05) is 43.5 Å². The number of carbonyl (C=O) groups is 2. The molecule has 0 saturated heterocycles. The molecule has 4 heterocycles. The molecule has 2 aromatic carbocycles. The van der Waals surface area contributed by atoms with Crippen LogP contribution in [0.25, 0.3) is 0 Å². The molecule has 3 atom stereocenters. The molecule has 4 aromatic rings. The minimum atomic E-state index is -0.864. The summed E-state index contributed by atoms with van der Waals surface area (Å²) in [6.45, 7) is 0.493. The standard InChI is InChI=1S/C35H33F2N5O2/c36-27-10-4-8-25(30(27)37)24-15-28(32-39-18-29(42(32)19-24)20-6-2-1-3-7-20)40-33(43)21-11-12-22-16-35(17-23(22)14-21)26-9-5-13-38-31(26)41-34(35)44/h4-5,8-14,18,20,24,28H,1-3,6-7,15-17,19H2,(H,40,43)(H,38,41,44)/t24-,28+,35-/m1/s1. The lowest BCUT2D eigenvalue weighted by molar-refractivity contribution is -0.120. The van der Waals surface area contributed by atoms with Gasteiger partial charge in [-0.2, -0.15) is 0 Å². The Balaban J connectivity index is 1.09. The number of rotatable bonds is 4. The van der Waals surface area contributed by atoms with Crippen molar-refractivity contribution in [2.75, 3.05) is 5.32 Å². The molecule has 2 aliphatic heterocycles. The first-order valence-corrected chi connectivity index (χ1v) is 15.6. The second kappa shape index (κ2) is 10.4. The van der Waals surface area contributed by atoms with Gasteiger partial charge in [0.1, 0.15) is 11.6 Å². The van der Waals surface area contributed by atoms with Crippen molar-refractivity contribution in [2.45, 2.75) is 81.2 Å². The molecule has 224 valence electrons. The number of nitrogens with one attached hydrogen (secondary N) is 2. The minimum Gasteiger partial charge on any atom is -0.342 e. The van der Waals surface area contributed by atoms with Gasteiger partial charge >= 0.3 is 0 Å². The lowest BCUT2D eigenvalue weighted by Gasteiger charge is -2.34. The summed E-state index contributed by atoms with van der Waals surface area (Å²) in [5.74, 6) is -0.601. The second-order valence-corrected chi connectivity index (χ2v) is 12.9. The van der Waals surface area contributed by atoms with Gasteiger partial charge in [-0.25, -0.2) is 18.7 Å². The average molecular weight is 594 g/mol. The lowest BCUT2D eigenvalue weighted by Crippen LogP contribution is -2.36. The number of nitrogens with zero attached hydrogens (tertiary/aromatic N) is 3. The van der Waals surface area contributed by atoms with Crippen LogP contribution >= 0.6 is 0 Å². The highest BCUT2D eigenvalue weighted by atomic mass is 19.2. The fourth-order valence-electron chi connectivity index (χ4n) is 8.12. The summed E-state index contributed by atoms with van der Waals surface area (Å²) in [6.07, 6.45) is 10.8. The van der Waals surface area contributed by atoms with Crippen LogP contribution in [-0.2, 0) is 29.6 Å². The van der Waals surface area contributed by atoms with E-state index in [-0.39, 0.29) is 17.7 Å². The first-order valence-electron chi connectivity index (χ1n) is 15.6. The molecule has 2 amide bonds. The highest BCUT2D eigenvalue weighted by Gasteiger charge is 2.51. The lowest BCUT2D eigenvalue weighted by atomic mass is 9.79. The Kier molecular flexibility index (Phi) is 6.39. The SMILES string of the molecule is O=C(N[C@H]1C[C@@H](c2cccc(F)c2F)Cn2c(C3CCCCC3)cnc21)c1ccc2c(c1)C[C@@]1(C2)C(=O)Nc2ncccc21. The van der Waals surface area contributed by atoms with Crippen molar-refractivity contribution in [3.8, 4) is 0 Å². The first-order chi connectivity index (χ1) is 21.4. The van der Waals surface area contributed by atoms with E-state index >= 15 is 4.39 Å². The molecule has 1 fully saturated rings. The van der Waals surface area contributed by atoms with E-state index in [2.05, 4.69) is 20.2 Å². The summed E-state index contributed by atoms with van der Waals surface area (Å²) in [6, 6.07) is 13.3. The summed E-state index contributed by atoms with van der Waals surface area (Å²) >= 11 is 0. The van der Waals surface area contributed by atoms with Gasteiger partial charge in [-0.05, 0) is 73.1 Å². The van der Waals surface area contributed by atoms with Crippen LogP contribution in [0.2, 0.25) is 0 Å². The smallest absolute Gasteiger partial charge is 0.251 e. The summed E-state index contributed by atoms with van der Waals surface area (Å²) in [5, 5.41) is 6.12. The Morgan fingerprint density at radius 3 is 2.68 bits per heavy atom. The number of anilines is 1. The summed E-state index contributed by atoms with van der Waals surface area (Å²) < 4.78 is 31.5. The number of hydrogen-bond acceptors (Lipinski definition) is 4. The van der Waals surface area contributed by atoms with Gasteiger partial charge in [0, 0.05) is 47.6 Å². The molecule has 2 aliphatic carbocycles. The predicted octanol–water partition coefficient (Wildman–Crippen LogP) is 6.25. The zero-order valence-corrected chi connectivity index (χ0v) is 24.3. The predicted molar refractivity (Wildman–Crippen MR) is 160 cm³/mol. The Bertz CT molecular complexity index is 1810. The fraction of sp³-hybridized carbons (Fsp3) is 0.371. The average Bonchev–Trinajstić information content (AvgIpc) is 3.72. The van der Waals surface area contributed by atoms with Crippen molar-refractivity contribution in [1.29, 1.82) is 0 Å². The van der Waals surface area contributed by atoms with Gasteiger partial charge in [0.25, 0.3) is 5.91 Å². The van der Waals surface area contributed by atoms with E-state index < -0.39 is 23.1 Å². The maximum atomic E-state index is 15.1. The number of aromatic nitrogens is 3. The number of pyridine rings is 1. The monoisotopic (exact) mass is 593 g/mol. The maximum absolute atomic E-state index is 15.1. The Morgan fingerprint density at radius 2 is 1.82 bits per heavy atom. The zero-order valence-electron chi connectivity index (χ0n) is 24.3. The van der Waals surface area contributed by atoms with E-state index in [1.807, 2.05) is 30.5 Å². The molecule has 8 rings (SSSR count). The second-order valence-electron chi connectivity index (χ2n) is 12.9. The zero-order chi connectivity index (χ0) is 30.0. The summed E-state index contributed by atoms with van der Waals surface area (Å²) in [4.78, 5) is 36.1. The van der Waals surface area contributed by atoms with Crippen LogP contribution < -0.4 is 10.6 Å². The Morgan fingerprint density at radius 1 is 0.977 bits per heavy atom. The normalized spacial score (nSPS) is 24.1. The topological polar surface area (TPSA) is 88.9 Å². The Hall–Kier alpha value is -4.40. The van der Waals surface area contributed by atoms with E-state index in [4.69, 9.17) is 4.98 Å². The molecule has 0 bridgehead atoms. The van der Waals surface area contributed by atoms with Crippen molar-refractivity contribution in [2.24, 2.45) is 0 Å². The highest BCUT2D eigenvalue weighted by Crippen LogP contribution is 2.47. The van der Waals surface area contributed by atoms with Crippen LogP contribution in [0, 0.1) is 11.6 Å². The largest absolute Gasteiger partial charge is 0.342 e. The minimum absolute atomic E-state index is 0.0631. The quantitative estimate of drug-likeness (QED) is 0.293. The summed E-state index contributed by atoms with van der Waals surface area (Å²) in [5.41, 5.74) is 4.13. The number of hydrogen-bond donors (Lipinski definition) is 2. The van der Waals surface area contributed by atoms with Gasteiger partial charge < -0.3 is 15.2 Å². The molecule has 2 aromatic heterocycles. The van der Waals surface area contributed by atoms with Gasteiger partial charge in [-0.3, -0.25) is 9.59 Å². The third-order valence-corrected chi connectivity index (χ3v) is 10.3. The van der Waals surface area contributed by atoms with Gasteiger partial charge in [0.2, 0.25) is 5.91 Å². The number of halogens is 2. The van der Waals surface area contributed by atoms with E-state index in [0.717, 1.165) is 60.0 Å². The van der Waals surface area contributed by atoms with Crippen LogP contribution in [0.4, 0.5) is 14.6 Å². The molecule has 0 unspecified atom stereocenters. The Labute approximate surface area is 254 Å². The van der Waals surface area contributed by atoms with E-state index in [0.29, 0.717) is 48.7 Å². The molecule has 2 N–H and O–H groups in total.